The fourth-order valence-corrected chi connectivity index (χ4v) is 2.43. The number of allylic oxidation sites excluding steroid dienone is 1. The molecule has 2 aromatic carbocycles. The van der Waals surface area contributed by atoms with Crippen LogP contribution >= 0.6 is 0 Å². The molecule has 0 heterocycles. The molecular formula is C19H20O3. The Morgan fingerprint density at radius 3 is 2.14 bits per heavy atom. The Hall–Kier alpha value is -2.55. The zero-order valence-electron chi connectivity index (χ0n) is 13.3. The fraction of sp³-hybridized carbons (Fsp3) is 0.211. The predicted octanol–water partition coefficient (Wildman–Crippen LogP) is 4.32. The number of hydrogen-bond donors (Lipinski definition) is 0. The van der Waals surface area contributed by atoms with Crippen molar-refractivity contribution in [3.8, 4) is 5.75 Å². The molecule has 0 fully saturated rings. The summed E-state index contributed by atoms with van der Waals surface area (Å²) in [5, 5.41) is 0. The van der Waals surface area contributed by atoms with Crippen molar-refractivity contribution in [3.05, 3.63) is 70.8 Å². The van der Waals surface area contributed by atoms with Gasteiger partial charge < -0.3 is 9.47 Å². The van der Waals surface area contributed by atoms with E-state index in [0.29, 0.717) is 28.2 Å². The van der Waals surface area contributed by atoms with Crippen molar-refractivity contribution in [1.82, 2.24) is 0 Å². The Kier molecular flexibility index (Phi) is 4.99. The first-order valence-electron chi connectivity index (χ1n) is 7.08. The Morgan fingerprint density at radius 2 is 1.59 bits per heavy atom. The standard InChI is InChI=1S/C19H20O3/c1-13(2)19(22-4)17-15(11-8-12-16(17)21-3)18(20)14-9-6-5-7-10-14/h5-12H,1-4H3. The van der Waals surface area contributed by atoms with Crippen LogP contribution in [0.4, 0.5) is 0 Å². The molecule has 0 aliphatic carbocycles. The van der Waals surface area contributed by atoms with Crippen molar-refractivity contribution in [2.75, 3.05) is 14.2 Å². The van der Waals surface area contributed by atoms with E-state index >= 15 is 0 Å². The van der Waals surface area contributed by atoms with Crippen LogP contribution in [0.15, 0.2) is 54.1 Å². The van der Waals surface area contributed by atoms with Crippen molar-refractivity contribution in [2.45, 2.75) is 13.8 Å². The lowest BCUT2D eigenvalue weighted by molar-refractivity contribution is 0.103. The second kappa shape index (κ2) is 6.94. The molecule has 2 rings (SSSR count). The summed E-state index contributed by atoms with van der Waals surface area (Å²) >= 11 is 0. The normalized spacial score (nSPS) is 10.0. The van der Waals surface area contributed by atoms with Gasteiger partial charge in [-0.05, 0) is 25.5 Å². The summed E-state index contributed by atoms with van der Waals surface area (Å²) < 4.78 is 11.0. The quantitative estimate of drug-likeness (QED) is 0.609. The molecule has 0 bridgehead atoms. The van der Waals surface area contributed by atoms with Crippen molar-refractivity contribution in [2.24, 2.45) is 0 Å². The molecule has 114 valence electrons. The maximum atomic E-state index is 12.8. The van der Waals surface area contributed by atoms with Crippen LogP contribution in [-0.2, 0) is 4.74 Å². The van der Waals surface area contributed by atoms with E-state index in [0.717, 1.165) is 5.57 Å². The van der Waals surface area contributed by atoms with Gasteiger partial charge in [0.15, 0.2) is 5.78 Å². The van der Waals surface area contributed by atoms with E-state index in [4.69, 9.17) is 9.47 Å². The molecule has 3 heteroatoms. The number of ketones is 1. The van der Waals surface area contributed by atoms with E-state index in [1.54, 1.807) is 32.4 Å². The van der Waals surface area contributed by atoms with Crippen LogP contribution in [0.2, 0.25) is 0 Å². The highest BCUT2D eigenvalue weighted by atomic mass is 16.5. The van der Waals surface area contributed by atoms with Gasteiger partial charge >= 0.3 is 0 Å². The molecule has 22 heavy (non-hydrogen) atoms. The summed E-state index contributed by atoms with van der Waals surface area (Å²) in [6.45, 7) is 3.89. The molecule has 0 unspecified atom stereocenters. The van der Waals surface area contributed by atoms with Crippen molar-refractivity contribution in [3.63, 3.8) is 0 Å². The zero-order valence-corrected chi connectivity index (χ0v) is 13.3. The number of methoxy groups -OCH3 is 2. The summed E-state index contributed by atoms with van der Waals surface area (Å²) in [5.74, 6) is 1.24. The molecule has 0 saturated heterocycles. The van der Waals surface area contributed by atoms with Crippen LogP contribution in [-0.4, -0.2) is 20.0 Å². The first kappa shape index (κ1) is 15.8. The molecule has 3 nitrogen and oxygen atoms in total. The first-order valence-corrected chi connectivity index (χ1v) is 7.08. The number of ether oxygens (including phenoxy) is 2. The Morgan fingerprint density at radius 1 is 0.909 bits per heavy atom. The fourth-order valence-electron chi connectivity index (χ4n) is 2.43. The van der Waals surface area contributed by atoms with Crippen LogP contribution in [0.3, 0.4) is 0 Å². The topological polar surface area (TPSA) is 35.5 Å². The minimum Gasteiger partial charge on any atom is -0.496 e. The van der Waals surface area contributed by atoms with Gasteiger partial charge in [-0.2, -0.15) is 0 Å². The van der Waals surface area contributed by atoms with E-state index < -0.39 is 0 Å². The Balaban J connectivity index is 2.67. The third-order valence-corrected chi connectivity index (χ3v) is 3.41. The minimum absolute atomic E-state index is 0.0506. The second-order valence-corrected chi connectivity index (χ2v) is 5.11. The van der Waals surface area contributed by atoms with Crippen molar-refractivity contribution >= 4 is 11.5 Å². The number of rotatable bonds is 5. The van der Waals surface area contributed by atoms with Crippen LogP contribution in [0.5, 0.6) is 5.75 Å². The lowest BCUT2D eigenvalue weighted by atomic mass is 9.95. The van der Waals surface area contributed by atoms with Gasteiger partial charge in [-0.25, -0.2) is 0 Å². The summed E-state index contributed by atoms with van der Waals surface area (Å²) in [6, 6.07) is 14.7. The van der Waals surface area contributed by atoms with Crippen LogP contribution in [0, 0.1) is 0 Å². The third-order valence-electron chi connectivity index (χ3n) is 3.41. The van der Waals surface area contributed by atoms with Gasteiger partial charge in [0.1, 0.15) is 11.5 Å². The average Bonchev–Trinajstić information content (AvgIpc) is 2.55. The molecule has 0 spiro atoms. The molecule has 0 aliphatic rings. The van der Waals surface area contributed by atoms with Gasteiger partial charge in [0.2, 0.25) is 0 Å². The van der Waals surface area contributed by atoms with E-state index in [-0.39, 0.29) is 5.78 Å². The number of benzene rings is 2. The van der Waals surface area contributed by atoms with Crippen molar-refractivity contribution in [1.29, 1.82) is 0 Å². The molecule has 0 saturated carbocycles. The number of carbonyl (C=O) groups excluding carboxylic acids is 1. The van der Waals surface area contributed by atoms with Gasteiger partial charge in [0.25, 0.3) is 0 Å². The maximum Gasteiger partial charge on any atom is 0.193 e. The van der Waals surface area contributed by atoms with E-state index in [9.17, 15) is 4.79 Å². The summed E-state index contributed by atoms with van der Waals surface area (Å²) in [4.78, 5) is 12.8. The Labute approximate surface area is 131 Å². The summed E-state index contributed by atoms with van der Waals surface area (Å²) in [5.41, 5.74) is 2.89. The minimum atomic E-state index is -0.0506. The molecule has 0 N–H and O–H groups in total. The monoisotopic (exact) mass is 296 g/mol. The second-order valence-electron chi connectivity index (χ2n) is 5.11. The molecule has 0 aromatic heterocycles. The predicted molar refractivity (Wildman–Crippen MR) is 88.1 cm³/mol. The van der Waals surface area contributed by atoms with Gasteiger partial charge in [-0.15, -0.1) is 0 Å². The van der Waals surface area contributed by atoms with E-state index in [2.05, 4.69) is 0 Å². The smallest absolute Gasteiger partial charge is 0.193 e. The average molecular weight is 296 g/mol. The van der Waals surface area contributed by atoms with Crippen LogP contribution in [0.25, 0.3) is 5.76 Å². The molecule has 2 aromatic rings. The molecule has 0 amide bonds. The van der Waals surface area contributed by atoms with E-state index in [1.165, 1.54) is 0 Å². The van der Waals surface area contributed by atoms with E-state index in [1.807, 2.05) is 44.2 Å². The van der Waals surface area contributed by atoms with Crippen LogP contribution < -0.4 is 4.74 Å². The highest BCUT2D eigenvalue weighted by Gasteiger charge is 2.21. The van der Waals surface area contributed by atoms with Gasteiger partial charge in [0.05, 0.1) is 19.8 Å². The third kappa shape index (κ3) is 3.03. The van der Waals surface area contributed by atoms with Gasteiger partial charge in [-0.1, -0.05) is 42.5 Å². The lowest BCUT2D eigenvalue weighted by Crippen LogP contribution is -2.08. The molecule has 0 aliphatic heterocycles. The largest absolute Gasteiger partial charge is 0.496 e. The lowest BCUT2D eigenvalue weighted by Gasteiger charge is -2.16. The number of carbonyl (C=O) groups is 1. The number of hydrogen-bond acceptors (Lipinski definition) is 3. The zero-order chi connectivity index (χ0) is 16.1. The molecular weight excluding hydrogens is 276 g/mol. The highest BCUT2D eigenvalue weighted by Crippen LogP contribution is 2.33. The maximum absolute atomic E-state index is 12.8. The Bertz CT molecular complexity index is 696. The van der Waals surface area contributed by atoms with Gasteiger partial charge in [-0.3, -0.25) is 4.79 Å². The van der Waals surface area contributed by atoms with Crippen molar-refractivity contribution < 1.29 is 14.3 Å². The SMILES string of the molecule is COC(=C(C)C)c1c(OC)cccc1C(=O)c1ccccc1. The molecule has 0 atom stereocenters. The van der Waals surface area contributed by atoms with Gasteiger partial charge in [0, 0.05) is 11.1 Å². The highest BCUT2D eigenvalue weighted by molar-refractivity contribution is 6.12. The first-order chi connectivity index (χ1) is 10.6. The van der Waals surface area contributed by atoms with Crippen LogP contribution in [0.1, 0.15) is 35.3 Å². The summed E-state index contributed by atoms with van der Waals surface area (Å²) in [6.07, 6.45) is 0. The summed E-state index contributed by atoms with van der Waals surface area (Å²) in [7, 11) is 3.19. The molecule has 0 radical (unpaired) electrons.